The highest BCUT2D eigenvalue weighted by Gasteiger charge is 2.22. The second kappa shape index (κ2) is 8.07. The molecule has 1 atom stereocenters. The molecule has 0 bridgehead atoms. The van der Waals surface area contributed by atoms with E-state index in [9.17, 15) is 14.9 Å². The van der Waals surface area contributed by atoms with Crippen LogP contribution in [0.5, 0.6) is 11.5 Å². The van der Waals surface area contributed by atoms with E-state index >= 15 is 0 Å². The Kier molecular flexibility index (Phi) is 5.58. The topological polar surface area (TPSA) is 109 Å². The van der Waals surface area contributed by atoms with Gasteiger partial charge in [-0.2, -0.15) is 0 Å². The van der Waals surface area contributed by atoms with Gasteiger partial charge in [-0.25, -0.2) is 0 Å². The van der Waals surface area contributed by atoms with Crippen molar-refractivity contribution in [2.75, 3.05) is 13.2 Å². The number of nitrogens with zero attached hydrogens (tertiary/aromatic N) is 3. The molecule has 9 heteroatoms. The summed E-state index contributed by atoms with van der Waals surface area (Å²) in [7, 11) is 0. The summed E-state index contributed by atoms with van der Waals surface area (Å²) >= 11 is 0. The smallest absolute Gasteiger partial charge is 0.381 e. The van der Waals surface area contributed by atoms with Crippen LogP contribution >= 0.6 is 0 Å². The third-order valence-corrected chi connectivity index (χ3v) is 4.25. The average Bonchev–Trinajstić information content (AvgIpc) is 2.96. The van der Waals surface area contributed by atoms with Crippen LogP contribution in [0.2, 0.25) is 0 Å². The normalized spacial score (nSPS) is 14.5. The number of nitro groups is 1. The zero-order chi connectivity index (χ0) is 19.4. The van der Waals surface area contributed by atoms with Gasteiger partial charge >= 0.3 is 5.82 Å². The monoisotopic (exact) mass is 374 g/mol. The molecule has 1 aliphatic heterocycles. The predicted octanol–water partition coefficient (Wildman–Crippen LogP) is 2.47. The van der Waals surface area contributed by atoms with Crippen molar-refractivity contribution in [3.05, 3.63) is 46.4 Å². The maximum atomic E-state index is 12.4. The van der Waals surface area contributed by atoms with E-state index in [0.717, 1.165) is 12.0 Å². The molecule has 144 valence electrons. The summed E-state index contributed by atoms with van der Waals surface area (Å²) in [6.45, 7) is 5.18. The van der Waals surface area contributed by atoms with E-state index in [2.05, 4.69) is 10.3 Å². The van der Waals surface area contributed by atoms with Crippen LogP contribution in [0.3, 0.4) is 0 Å². The number of hydrogen-bond donors (Lipinski definition) is 1. The third kappa shape index (κ3) is 4.55. The molecule has 1 aromatic carbocycles. The van der Waals surface area contributed by atoms with E-state index in [-0.39, 0.29) is 30.2 Å². The van der Waals surface area contributed by atoms with E-state index in [4.69, 9.17) is 9.47 Å². The molecule has 1 aliphatic rings. The molecule has 2 aromatic rings. The van der Waals surface area contributed by atoms with Crippen molar-refractivity contribution < 1.29 is 19.2 Å². The van der Waals surface area contributed by atoms with Crippen LogP contribution in [-0.2, 0) is 11.3 Å². The Balaban J connectivity index is 1.72. The number of benzene rings is 1. The van der Waals surface area contributed by atoms with Gasteiger partial charge in [0, 0.05) is 6.42 Å². The number of ether oxygens (including phenoxy) is 2. The lowest BCUT2D eigenvalue weighted by Crippen LogP contribution is -2.34. The second-order valence-electron chi connectivity index (χ2n) is 6.71. The zero-order valence-electron chi connectivity index (χ0n) is 15.3. The van der Waals surface area contributed by atoms with Crippen LogP contribution in [0, 0.1) is 16.0 Å². The number of amides is 1. The molecule has 9 nitrogen and oxygen atoms in total. The average molecular weight is 374 g/mol. The van der Waals surface area contributed by atoms with Gasteiger partial charge in [-0.05, 0) is 33.5 Å². The number of aromatic nitrogens is 2. The van der Waals surface area contributed by atoms with Gasteiger partial charge in [0.05, 0.1) is 19.3 Å². The van der Waals surface area contributed by atoms with Crippen LogP contribution < -0.4 is 14.8 Å². The summed E-state index contributed by atoms with van der Waals surface area (Å²) in [5.74, 6) is 0.973. The van der Waals surface area contributed by atoms with E-state index in [1.165, 1.54) is 17.1 Å². The molecule has 0 saturated heterocycles. The number of fused-ring (bicyclic) bond motifs is 1. The molecule has 0 spiro atoms. The molecule has 1 aromatic heterocycles. The fourth-order valence-corrected chi connectivity index (χ4v) is 2.92. The molecule has 1 unspecified atom stereocenters. The predicted molar refractivity (Wildman–Crippen MR) is 96.7 cm³/mol. The lowest BCUT2D eigenvalue weighted by Gasteiger charge is -2.24. The Morgan fingerprint density at radius 1 is 1.33 bits per heavy atom. The van der Waals surface area contributed by atoms with Gasteiger partial charge in [0.15, 0.2) is 11.5 Å². The van der Waals surface area contributed by atoms with Crippen LogP contribution in [0.15, 0.2) is 30.7 Å². The maximum Gasteiger partial charge on any atom is 0.381 e. The Hall–Kier alpha value is -3.10. The van der Waals surface area contributed by atoms with Gasteiger partial charge in [0.25, 0.3) is 0 Å². The molecule has 3 rings (SSSR count). The highest BCUT2D eigenvalue weighted by molar-refractivity contribution is 5.76. The molecule has 0 saturated carbocycles. The first-order chi connectivity index (χ1) is 12.9. The van der Waals surface area contributed by atoms with Crippen LogP contribution in [0.25, 0.3) is 0 Å². The summed E-state index contributed by atoms with van der Waals surface area (Å²) in [6.07, 6.45) is 3.33. The van der Waals surface area contributed by atoms with Crippen LogP contribution in [0.4, 0.5) is 5.82 Å². The third-order valence-electron chi connectivity index (χ3n) is 4.25. The van der Waals surface area contributed by atoms with Crippen molar-refractivity contribution in [1.82, 2.24) is 14.9 Å². The minimum atomic E-state index is -0.594. The Bertz CT molecular complexity index is 833. The summed E-state index contributed by atoms with van der Waals surface area (Å²) < 4.78 is 12.8. The van der Waals surface area contributed by atoms with Crippen molar-refractivity contribution in [3.8, 4) is 11.5 Å². The first kappa shape index (κ1) is 18.7. The maximum absolute atomic E-state index is 12.4. The molecule has 1 N–H and O–H groups in total. The first-order valence-corrected chi connectivity index (χ1v) is 8.79. The summed E-state index contributed by atoms with van der Waals surface area (Å²) in [4.78, 5) is 26.2. The van der Waals surface area contributed by atoms with Crippen molar-refractivity contribution in [2.45, 2.75) is 32.9 Å². The van der Waals surface area contributed by atoms with E-state index in [1.54, 1.807) is 0 Å². The molecule has 0 fully saturated rings. The molecule has 2 heterocycles. The quantitative estimate of drug-likeness (QED) is 0.615. The molecular weight excluding hydrogens is 352 g/mol. The van der Waals surface area contributed by atoms with Gasteiger partial charge in [-0.3, -0.25) is 4.79 Å². The number of carbonyl (C=O) groups excluding carboxylic acids is 1. The molecule has 27 heavy (non-hydrogen) atoms. The lowest BCUT2D eigenvalue weighted by atomic mass is 9.95. The van der Waals surface area contributed by atoms with Gasteiger partial charge in [-0.15, -0.1) is 0 Å². The largest absolute Gasteiger partial charge is 0.490 e. The van der Waals surface area contributed by atoms with E-state index in [1.807, 2.05) is 32.0 Å². The Labute approximate surface area is 156 Å². The second-order valence-corrected chi connectivity index (χ2v) is 6.71. The van der Waals surface area contributed by atoms with Crippen LogP contribution in [0.1, 0.15) is 31.9 Å². The highest BCUT2D eigenvalue weighted by atomic mass is 16.6. The van der Waals surface area contributed by atoms with Crippen molar-refractivity contribution in [3.63, 3.8) is 0 Å². The Morgan fingerprint density at radius 2 is 2.07 bits per heavy atom. The zero-order valence-corrected chi connectivity index (χ0v) is 15.3. The number of hydrogen-bond acceptors (Lipinski definition) is 6. The summed E-state index contributed by atoms with van der Waals surface area (Å²) in [5, 5.41) is 13.7. The van der Waals surface area contributed by atoms with Gasteiger partial charge in [-0.1, -0.05) is 19.9 Å². The number of nitrogens with one attached hydrogen (secondary N) is 1. The molecular formula is C18H22N4O5. The van der Waals surface area contributed by atoms with Gasteiger partial charge in [0.2, 0.25) is 12.2 Å². The molecule has 1 amide bonds. The molecule has 0 radical (unpaired) electrons. The fourth-order valence-electron chi connectivity index (χ4n) is 2.92. The van der Waals surface area contributed by atoms with Crippen LogP contribution in [-0.4, -0.2) is 33.6 Å². The number of imidazole rings is 1. The van der Waals surface area contributed by atoms with E-state index < -0.39 is 4.92 Å². The van der Waals surface area contributed by atoms with Crippen molar-refractivity contribution in [2.24, 2.45) is 5.92 Å². The van der Waals surface area contributed by atoms with Gasteiger partial charge < -0.3 is 29.5 Å². The minimum Gasteiger partial charge on any atom is -0.490 e. The highest BCUT2D eigenvalue weighted by Crippen LogP contribution is 2.34. The number of carbonyl (C=O) groups is 1. The number of rotatable bonds is 6. The lowest BCUT2D eigenvalue weighted by molar-refractivity contribution is -0.389. The van der Waals surface area contributed by atoms with Crippen molar-refractivity contribution in [1.29, 1.82) is 0 Å². The van der Waals surface area contributed by atoms with E-state index in [0.29, 0.717) is 24.7 Å². The molecule has 0 aliphatic carbocycles. The summed E-state index contributed by atoms with van der Waals surface area (Å²) in [6, 6.07) is 5.44. The fraction of sp³-hybridized carbons (Fsp3) is 0.444. The van der Waals surface area contributed by atoms with Crippen molar-refractivity contribution >= 4 is 11.7 Å². The van der Waals surface area contributed by atoms with Gasteiger partial charge in [0.1, 0.15) is 12.7 Å². The SMILES string of the molecule is CC(C)C(NC(=O)Cn1cnc([N+](=O)[O-])c1)c1ccc2c(c1)OCCCO2. The first-order valence-electron chi connectivity index (χ1n) is 8.79. The minimum absolute atomic E-state index is 0.0470. The summed E-state index contributed by atoms with van der Waals surface area (Å²) in [5.41, 5.74) is 0.916. The standard InChI is InChI=1S/C18H22N4O5/c1-12(2)18(13-4-5-14-15(8-13)27-7-3-6-26-14)20-17(23)10-21-9-16(19-11-21)22(24)25/h4-5,8-9,11-12,18H,3,6-7,10H2,1-2H3,(H,20,23). The Morgan fingerprint density at radius 3 is 2.74 bits per heavy atom.